The number of anilines is 2. The number of aryl methyl sites for hydroxylation is 1. The zero-order valence-electron chi connectivity index (χ0n) is 15.8. The van der Waals surface area contributed by atoms with Crippen molar-refractivity contribution >= 4 is 29.0 Å². The largest absolute Gasteiger partial charge is 0.495 e. The van der Waals surface area contributed by atoms with E-state index in [1.807, 2.05) is 49.4 Å². The highest BCUT2D eigenvalue weighted by Crippen LogP contribution is 2.26. The van der Waals surface area contributed by atoms with Crippen molar-refractivity contribution in [1.29, 1.82) is 0 Å². The molecule has 0 fully saturated rings. The lowest BCUT2D eigenvalue weighted by molar-refractivity contribution is 0.102. The van der Waals surface area contributed by atoms with E-state index >= 15 is 0 Å². The van der Waals surface area contributed by atoms with Crippen molar-refractivity contribution in [3.8, 4) is 5.75 Å². The van der Waals surface area contributed by atoms with Gasteiger partial charge in [-0.2, -0.15) is 0 Å². The van der Waals surface area contributed by atoms with Crippen molar-refractivity contribution in [3.63, 3.8) is 0 Å². The number of pyridine rings is 1. The van der Waals surface area contributed by atoms with E-state index in [2.05, 4.69) is 15.6 Å². The molecule has 0 spiro atoms. The second-order valence-electron chi connectivity index (χ2n) is 6.39. The lowest BCUT2D eigenvalue weighted by atomic mass is 10.1. The van der Waals surface area contributed by atoms with Crippen LogP contribution in [-0.2, 0) is 6.42 Å². The van der Waals surface area contributed by atoms with Crippen LogP contribution in [0.2, 0.25) is 5.02 Å². The Labute approximate surface area is 169 Å². The van der Waals surface area contributed by atoms with Crippen molar-refractivity contribution in [1.82, 2.24) is 4.98 Å². The van der Waals surface area contributed by atoms with Gasteiger partial charge in [-0.1, -0.05) is 29.8 Å². The number of ether oxygens (including phenoxy) is 1. The number of amides is 1. The number of aromatic nitrogens is 1. The fourth-order valence-corrected chi connectivity index (χ4v) is 3.02. The SMILES string of the molecule is COc1ccc(C)cc1NC(=O)c1ccnc(NCCc2cccc(Cl)c2)c1. The summed E-state index contributed by atoms with van der Waals surface area (Å²) in [6.07, 6.45) is 2.42. The van der Waals surface area contributed by atoms with Crippen molar-refractivity contribution in [2.24, 2.45) is 0 Å². The van der Waals surface area contributed by atoms with Crippen LogP contribution in [-0.4, -0.2) is 24.5 Å². The second-order valence-corrected chi connectivity index (χ2v) is 6.83. The summed E-state index contributed by atoms with van der Waals surface area (Å²) in [6.45, 7) is 2.65. The zero-order chi connectivity index (χ0) is 19.9. The summed E-state index contributed by atoms with van der Waals surface area (Å²) in [5.74, 6) is 1.04. The maximum atomic E-state index is 12.6. The van der Waals surface area contributed by atoms with Gasteiger partial charge in [0.25, 0.3) is 5.91 Å². The van der Waals surface area contributed by atoms with E-state index in [4.69, 9.17) is 16.3 Å². The molecule has 6 heteroatoms. The minimum Gasteiger partial charge on any atom is -0.495 e. The number of benzene rings is 2. The molecule has 28 heavy (non-hydrogen) atoms. The van der Waals surface area contributed by atoms with Gasteiger partial charge in [-0.05, 0) is 60.9 Å². The van der Waals surface area contributed by atoms with Gasteiger partial charge in [-0.25, -0.2) is 4.98 Å². The molecule has 1 amide bonds. The molecule has 0 bridgehead atoms. The molecule has 144 valence electrons. The topological polar surface area (TPSA) is 63.2 Å². The molecule has 3 aromatic rings. The van der Waals surface area contributed by atoms with Crippen LogP contribution in [0.15, 0.2) is 60.8 Å². The van der Waals surface area contributed by atoms with Crippen LogP contribution in [0.4, 0.5) is 11.5 Å². The van der Waals surface area contributed by atoms with Gasteiger partial charge in [0.1, 0.15) is 11.6 Å². The first-order valence-corrected chi connectivity index (χ1v) is 9.33. The van der Waals surface area contributed by atoms with Crippen molar-refractivity contribution in [2.75, 3.05) is 24.3 Å². The Morgan fingerprint density at radius 1 is 1.14 bits per heavy atom. The van der Waals surface area contributed by atoms with E-state index in [1.165, 1.54) is 0 Å². The van der Waals surface area contributed by atoms with Gasteiger partial charge in [-0.15, -0.1) is 0 Å². The predicted octanol–water partition coefficient (Wildman–Crippen LogP) is 4.96. The normalized spacial score (nSPS) is 10.4. The van der Waals surface area contributed by atoms with Crippen LogP contribution in [0.25, 0.3) is 0 Å². The van der Waals surface area contributed by atoms with Gasteiger partial charge >= 0.3 is 0 Å². The van der Waals surface area contributed by atoms with Crippen LogP contribution in [0.5, 0.6) is 5.75 Å². The molecule has 1 aromatic heterocycles. The number of carbonyl (C=O) groups excluding carboxylic acids is 1. The molecule has 0 aliphatic carbocycles. The first-order valence-electron chi connectivity index (χ1n) is 8.95. The lowest BCUT2D eigenvalue weighted by Crippen LogP contribution is -2.14. The summed E-state index contributed by atoms with van der Waals surface area (Å²) >= 11 is 6.01. The molecule has 0 saturated heterocycles. The number of nitrogens with one attached hydrogen (secondary N) is 2. The predicted molar refractivity (Wildman–Crippen MR) is 114 cm³/mol. The first kappa shape index (κ1) is 19.7. The highest BCUT2D eigenvalue weighted by atomic mass is 35.5. The summed E-state index contributed by atoms with van der Waals surface area (Å²) in [7, 11) is 1.58. The molecule has 0 atom stereocenters. The van der Waals surface area contributed by atoms with Gasteiger partial charge in [0.2, 0.25) is 0 Å². The van der Waals surface area contributed by atoms with Crippen molar-refractivity contribution in [2.45, 2.75) is 13.3 Å². The van der Waals surface area contributed by atoms with E-state index in [9.17, 15) is 4.79 Å². The van der Waals surface area contributed by atoms with Crippen LogP contribution in [0, 0.1) is 6.92 Å². The number of halogens is 1. The molecule has 1 heterocycles. The maximum absolute atomic E-state index is 12.6. The number of nitrogens with zero attached hydrogens (tertiary/aromatic N) is 1. The average molecular weight is 396 g/mol. The maximum Gasteiger partial charge on any atom is 0.255 e. The third-order valence-corrected chi connectivity index (χ3v) is 4.47. The third kappa shape index (κ3) is 5.24. The van der Waals surface area contributed by atoms with E-state index in [0.717, 1.165) is 22.6 Å². The fraction of sp³-hybridized carbons (Fsp3) is 0.182. The quantitative estimate of drug-likeness (QED) is 0.593. The number of rotatable bonds is 7. The monoisotopic (exact) mass is 395 g/mol. The minimum atomic E-state index is -0.218. The van der Waals surface area contributed by atoms with Crippen LogP contribution in [0.3, 0.4) is 0 Å². The molecule has 0 unspecified atom stereocenters. The first-order chi connectivity index (χ1) is 13.5. The third-order valence-electron chi connectivity index (χ3n) is 4.23. The molecule has 3 rings (SSSR count). The minimum absolute atomic E-state index is 0.218. The zero-order valence-corrected chi connectivity index (χ0v) is 16.6. The standard InChI is InChI=1S/C22H22ClN3O2/c1-15-6-7-20(28-2)19(12-15)26-22(27)17-9-11-25-21(14-17)24-10-8-16-4-3-5-18(23)13-16/h3-7,9,11-14H,8,10H2,1-2H3,(H,24,25)(H,26,27). The van der Waals surface area contributed by atoms with Gasteiger partial charge in [-0.3, -0.25) is 4.79 Å². The summed E-state index contributed by atoms with van der Waals surface area (Å²) in [4.78, 5) is 16.9. The molecule has 2 aromatic carbocycles. The van der Waals surface area contributed by atoms with Crippen LogP contribution < -0.4 is 15.4 Å². The van der Waals surface area contributed by atoms with E-state index in [1.54, 1.807) is 25.4 Å². The summed E-state index contributed by atoms with van der Waals surface area (Å²) in [5.41, 5.74) is 3.33. The smallest absolute Gasteiger partial charge is 0.255 e. The molecule has 0 radical (unpaired) electrons. The molecule has 0 aliphatic heterocycles. The fourth-order valence-electron chi connectivity index (χ4n) is 2.81. The Hall–Kier alpha value is -3.05. The van der Waals surface area contributed by atoms with Crippen LogP contribution >= 0.6 is 11.6 Å². The molecule has 0 aliphatic rings. The molecule has 5 nitrogen and oxygen atoms in total. The highest BCUT2D eigenvalue weighted by Gasteiger charge is 2.11. The number of hydrogen-bond donors (Lipinski definition) is 2. The summed E-state index contributed by atoms with van der Waals surface area (Å²) in [5, 5.41) is 6.87. The lowest BCUT2D eigenvalue weighted by Gasteiger charge is -2.12. The Bertz CT molecular complexity index is 976. The molecular formula is C22H22ClN3O2. The Kier molecular flexibility index (Phi) is 6.50. The summed E-state index contributed by atoms with van der Waals surface area (Å²) in [6, 6.07) is 16.8. The van der Waals surface area contributed by atoms with Crippen molar-refractivity contribution < 1.29 is 9.53 Å². The van der Waals surface area contributed by atoms with Gasteiger partial charge in [0, 0.05) is 23.3 Å². The molecular weight excluding hydrogens is 374 g/mol. The Morgan fingerprint density at radius 3 is 2.79 bits per heavy atom. The summed E-state index contributed by atoms with van der Waals surface area (Å²) < 4.78 is 5.32. The average Bonchev–Trinajstić information content (AvgIpc) is 2.68. The van der Waals surface area contributed by atoms with E-state index < -0.39 is 0 Å². The van der Waals surface area contributed by atoms with Gasteiger partial charge in [0.05, 0.1) is 12.8 Å². The highest BCUT2D eigenvalue weighted by molar-refractivity contribution is 6.30. The van der Waals surface area contributed by atoms with E-state index in [0.29, 0.717) is 29.4 Å². The molecule has 0 saturated carbocycles. The van der Waals surface area contributed by atoms with Crippen molar-refractivity contribution in [3.05, 3.63) is 82.5 Å². The Balaban J connectivity index is 1.64. The molecule has 2 N–H and O–H groups in total. The van der Waals surface area contributed by atoms with E-state index in [-0.39, 0.29) is 5.91 Å². The van der Waals surface area contributed by atoms with Gasteiger partial charge in [0.15, 0.2) is 0 Å². The van der Waals surface area contributed by atoms with Gasteiger partial charge < -0.3 is 15.4 Å². The Morgan fingerprint density at radius 2 is 2.00 bits per heavy atom. The second kappa shape index (κ2) is 9.24. The number of carbonyl (C=O) groups is 1. The van der Waals surface area contributed by atoms with Crippen LogP contribution in [0.1, 0.15) is 21.5 Å². The number of methoxy groups -OCH3 is 1. The number of hydrogen-bond acceptors (Lipinski definition) is 4.